The minimum atomic E-state index is -2.68. The predicted molar refractivity (Wildman–Crippen MR) is 52.5 cm³/mol. The van der Waals surface area contributed by atoms with Gasteiger partial charge in [0.2, 0.25) is 0 Å². The van der Waals surface area contributed by atoms with Crippen LogP contribution in [0.2, 0.25) is 0 Å². The fourth-order valence-electron chi connectivity index (χ4n) is 1.26. The zero-order chi connectivity index (χ0) is 12.3. The van der Waals surface area contributed by atoms with E-state index in [1.807, 2.05) is 0 Å². The summed E-state index contributed by atoms with van der Waals surface area (Å²) in [6.07, 6.45) is -2.68. The van der Waals surface area contributed by atoms with E-state index < -0.39 is 18.4 Å². The number of halogens is 2. The summed E-state index contributed by atoms with van der Waals surface area (Å²) in [6.45, 7) is 0. The van der Waals surface area contributed by atoms with Gasteiger partial charge in [-0.3, -0.25) is 4.79 Å². The SMILES string of the molecule is COc1ccc(C(F)F)cc1C(N)C(=O)O. The van der Waals surface area contributed by atoms with Crippen LogP contribution >= 0.6 is 0 Å². The Morgan fingerprint density at radius 3 is 2.56 bits per heavy atom. The molecule has 1 atom stereocenters. The normalized spacial score (nSPS) is 12.6. The van der Waals surface area contributed by atoms with E-state index in [1.54, 1.807) is 0 Å². The number of alkyl halides is 2. The van der Waals surface area contributed by atoms with Crippen LogP contribution in [0.3, 0.4) is 0 Å². The summed E-state index contributed by atoms with van der Waals surface area (Å²) in [5.74, 6) is -1.12. The molecule has 0 bridgehead atoms. The van der Waals surface area contributed by atoms with E-state index in [1.165, 1.54) is 19.2 Å². The van der Waals surface area contributed by atoms with Gasteiger partial charge < -0.3 is 15.6 Å². The number of carboxylic acids is 1. The molecule has 0 spiro atoms. The van der Waals surface area contributed by atoms with Crippen molar-refractivity contribution in [3.63, 3.8) is 0 Å². The maximum absolute atomic E-state index is 12.4. The Labute approximate surface area is 90.6 Å². The molecule has 0 heterocycles. The number of aliphatic carboxylic acids is 1. The molecule has 1 aromatic rings. The van der Waals surface area contributed by atoms with Gasteiger partial charge in [-0.2, -0.15) is 0 Å². The number of methoxy groups -OCH3 is 1. The number of ether oxygens (including phenoxy) is 1. The third-order valence-electron chi connectivity index (χ3n) is 2.11. The first-order chi connectivity index (χ1) is 7.47. The number of carbonyl (C=O) groups is 1. The van der Waals surface area contributed by atoms with Crippen LogP contribution in [0.25, 0.3) is 0 Å². The van der Waals surface area contributed by atoms with Crippen LogP contribution in [0.1, 0.15) is 23.6 Å². The Kier molecular flexibility index (Phi) is 3.78. The Morgan fingerprint density at radius 1 is 1.50 bits per heavy atom. The number of hydrogen-bond acceptors (Lipinski definition) is 3. The third kappa shape index (κ3) is 2.46. The third-order valence-corrected chi connectivity index (χ3v) is 2.11. The quantitative estimate of drug-likeness (QED) is 0.827. The van der Waals surface area contributed by atoms with Crippen LogP contribution in [-0.4, -0.2) is 18.2 Å². The molecule has 1 unspecified atom stereocenters. The molecule has 0 aliphatic heterocycles. The lowest BCUT2D eigenvalue weighted by Crippen LogP contribution is -2.21. The van der Waals surface area contributed by atoms with Crippen molar-refractivity contribution in [2.45, 2.75) is 12.5 Å². The van der Waals surface area contributed by atoms with Crippen molar-refractivity contribution in [1.29, 1.82) is 0 Å². The standard InChI is InChI=1S/C10H11F2NO3/c1-16-7-3-2-5(9(11)12)4-6(7)8(13)10(14)15/h2-4,8-9H,13H2,1H3,(H,14,15). The van der Waals surface area contributed by atoms with Gasteiger partial charge in [0.05, 0.1) is 7.11 Å². The minimum Gasteiger partial charge on any atom is -0.496 e. The van der Waals surface area contributed by atoms with Crippen molar-refractivity contribution in [3.8, 4) is 5.75 Å². The maximum atomic E-state index is 12.4. The molecule has 1 rings (SSSR count). The summed E-state index contributed by atoms with van der Waals surface area (Å²) in [7, 11) is 1.31. The summed E-state index contributed by atoms with van der Waals surface area (Å²) >= 11 is 0. The molecule has 0 radical (unpaired) electrons. The average molecular weight is 231 g/mol. The van der Waals surface area contributed by atoms with Gasteiger partial charge in [0, 0.05) is 11.1 Å². The van der Waals surface area contributed by atoms with Crippen molar-refractivity contribution in [1.82, 2.24) is 0 Å². The lowest BCUT2D eigenvalue weighted by Gasteiger charge is -2.13. The van der Waals surface area contributed by atoms with E-state index in [9.17, 15) is 13.6 Å². The molecule has 0 fully saturated rings. The monoisotopic (exact) mass is 231 g/mol. The number of hydrogen-bond donors (Lipinski definition) is 2. The number of benzene rings is 1. The second-order valence-electron chi connectivity index (χ2n) is 3.12. The Balaban J connectivity index is 3.21. The zero-order valence-corrected chi connectivity index (χ0v) is 8.48. The van der Waals surface area contributed by atoms with Crippen molar-refractivity contribution in [2.24, 2.45) is 5.73 Å². The van der Waals surface area contributed by atoms with E-state index >= 15 is 0 Å². The molecule has 0 amide bonds. The zero-order valence-electron chi connectivity index (χ0n) is 8.48. The second kappa shape index (κ2) is 4.89. The topological polar surface area (TPSA) is 72.5 Å². The first-order valence-corrected chi connectivity index (χ1v) is 4.41. The lowest BCUT2D eigenvalue weighted by molar-refractivity contribution is -0.138. The molecule has 0 aromatic heterocycles. The number of rotatable bonds is 4. The van der Waals surface area contributed by atoms with E-state index in [0.717, 1.165) is 6.07 Å². The predicted octanol–water partition coefficient (Wildman–Crippen LogP) is 1.72. The largest absolute Gasteiger partial charge is 0.496 e. The van der Waals surface area contributed by atoms with Crippen molar-refractivity contribution >= 4 is 5.97 Å². The molecule has 1 aromatic carbocycles. The van der Waals surface area contributed by atoms with Crippen LogP contribution in [0.5, 0.6) is 5.75 Å². The van der Waals surface area contributed by atoms with Crippen LogP contribution in [0.4, 0.5) is 8.78 Å². The van der Waals surface area contributed by atoms with Gasteiger partial charge in [-0.05, 0) is 18.2 Å². The fraction of sp³-hybridized carbons (Fsp3) is 0.300. The van der Waals surface area contributed by atoms with Crippen molar-refractivity contribution in [2.75, 3.05) is 7.11 Å². The molecule has 16 heavy (non-hydrogen) atoms. The smallest absolute Gasteiger partial charge is 0.325 e. The first kappa shape index (κ1) is 12.4. The molecule has 0 saturated heterocycles. The molecule has 0 aliphatic rings. The van der Waals surface area contributed by atoms with Crippen LogP contribution in [-0.2, 0) is 4.79 Å². The van der Waals surface area contributed by atoms with Crippen LogP contribution in [0.15, 0.2) is 18.2 Å². The first-order valence-electron chi connectivity index (χ1n) is 4.41. The highest BCUT2D eigenvalue weighted by Crippen LogP contribution is 2.29. The molecule has 0 aliphatic carbocycles. The summed E-state index contributed by atoms with van der Waals surface area (Å²) in [6, 6.07) is 2.11. The summed E-state index contributed by atoms with van der Waals surface area (Å²) < 4.78 is 29.7. The van der Waals surface area contributed by atoms with Gasteiger partial charge in [-0.25, -0.2) is 8.78 Å². The Hall–Kier alpha value is -1.69. The molecular weight excluding hydrogens is 220 g/mol. The molecular formula is C10H11F2NO3. The van der Waals surface area contributed by atoms with Gasteiger partial charge >= 0.3 is 5.97 Å². The van der Waals surface area contributed by atoms with E-state index in [0.29, 0.717) is 0 Å². The summed E-state index contributed by atoms with van der Waals surface area (Å²) in [4.78, 5) is 10.7. The number of carboxylic acid groups (broad SMARTS) is 1. The summed E-state index contributed by atoms with van der Waals surface area (Å²) in [5.41, 5.74) is 5.11. The number of nitrogens with two attached hydrogens (primary N) is 1. The van der Waals surface area contributed by atoms with Crippen molar-refractivity contribution in [3.05, 3.63) is 29.3 Å². The van der Waals surface area contributed by atoms with Gasteiger partial charge in [-0.15, -0.1) is 0 Å². The van der Waals surface area contributed by atoms with Gasteiger partial charge in [-0.1, -0.05) is 0 Å². The highest BCUT2D eigenvalue weighted by molar-refractivity contribution is 5.76. The van der Waals surface area contributed by atoms with Crippen LogP contribution in [0, 0.1) is 0 Å². The molecule has 88 valence electrons. The van der Waals surface area contributed by atoms with E-state index in [-0.39, 0.29) is 16.9 Å². The molecule has 0 saturated carbocycles. The average Bonchev–Trinajstić information content (AvgIpc) is 2.26. The molecule has 6 heteroatoms. The highest BCUT2D eigenvalue weighted by atomic mass is 19.3. The van der Waals surface area contributed by atoms with Gasteiger partial charge in [0.25, 0.3) is 6.43 Å². The maximum Gasteiger partial charge on any atom is 0.325 e. The molecule has 3 N–H and O–H groups in total. The van der Waals surface area contributed by atoms with Gasteiger partial charge in [0.15, 0.2) is 0 Å². The fourth-order valence-corrected chi connectivity index (χ4v) is 1.26. The van der Waals surface area contributed by atoms with Gasteiger partial charge in [0.1, 0.15) is 11.8 Å². The highest BCUT2D eigenvalue weighted by Gasteiger charge is 2.21. The van der Waals surface area contributed by atoms with Crippen LogP contribution < -0.4 is 10.5 Å². The van der Waals surface area contributed by atoms with E-state index in [2.05, 4.69) is 0 Å². The lowest BCUT2D eigenvalue weighted by atomic mass is 10.0. The minimum absolute atomic E-state index is 0.0350. The molecule has 4 nitrogen and oxygen atoms in total. The second-order valence-corrected chi connectivity index (χ2v) is 3.12. The Bertz CT molecular complexity index is 396. The summed E-state index contributed by atoms with van der Waals surface area (Å²) in [5, 5.41) is 8.72. The Morgan fingerprint density at radius 2 is 2.12 bits per heavy atom. The van der Waals surface area contributed by atoms with Crippen molar-refractivity contribution < 1.29 is 23.4 Å². The van der Waals surface area contributed by atoms with E-state index in [4.69, 9.17) is 15.6 Å².